The number of hydrogen-bond acceptors (Lipinski definition) is 4. The van der Waals surface area contributed by atoms with E-state index in [9.17, 15) is 14.4 Å². The summed E-state index contributed by atoms with van der Waals surface area (Å²) < 4.78 is 1.05. The average Bonchev–Trinajstić information content (AvgIpc) is 2.84. The standard InChI is InChI=1S/C17H19N3O3S/c1-11(21)19-6-7-20(10-13(9-19)16(18)22)17(23)15-8-12-4-2-3-5-14(12)24-15/h2-5,8,13H,6-7,9-10H2,1H3,(H2,18,22). The fraction of sp³-hybridized carbons (Fsp3) is 0.353. The largest absolute Gasteiger partial charge is 0.369 e. The second-order valence-corrected chi connectivity index (χ2v) is 7.05. The smallest absolute Gasteiger partial charge is 0.264 e. The van der Waals surface area contributed by atoms with Gasteiger partial charge in [0.25, 0.3) is 5.91 Å². The minimum Gasteiger partial charge on any atom is -0.369 e. The third-order valence-corrected chi connectivity index (χ3v) is 5.40. The first-order chi connectivity index (χ1) is 11.5. The lowest BCUT2D eigenvalue weighted by atomic mass is 10.1. The molecule has 0 aliphatic carbocycles. The Kier molecular flexibility index (Phi) is 4.53. The lowest BCUT2D eigenvalue weighted by Crippen LogP contribution is -2.40. The first-order valence-electron chi connectivity index (χ1n) is 7.78. The van der Waals surface area contributed by atoms with E-state index >= 15 is 0 Å². The lowest BCUT2D eigenvalue weighted by molar-refractivity contribution is -0.130. The molecular formula is C17H19N3O3S. The molecule has 2 N–H and O–H groups in total. The molecule has 6 nitrogen and oxygen atoms in total. The number of fused-ring (bicyclic) bond motifs is 1. The molecule has 1 aliphatic rings. The van der Waals surface area contributed by atoms with Crippen LogP contribution in [-0.4, -0.2) is 53.7 Å². The molecule has 0 radical (unpaired) electrons. The van der Waals surface area contributed by atoms with Gasteiger partial charge in [-0.2, -0.15) is 0 Å². The van der Waals surface area contributed by atoms with Crippen molar-refractivity contribution in [3.05, 3.63) is 35.2 Å². The zero-order valence-corrected chi connectivity index (χ0v) is 14.2. The maximum Gasteiger partial charge on any atom is 0.264 e. The van der Waals surface area contributed by atoms with Crippen LogP contribution in [0.4, 0.5) is 0 Å². The quantitative estimate of drug-likeness (QED) is 0.891. The van der Waals surface area contributed by atoms with E-state index in [0.29, 0.717) is 18.0 Å². The number of rotatable bonds is 2. The molecule has 0 spiro atoms. The summed E-state index contributed by atoms with van der Waals surface area (Å²) in [4.78, 5) is 40.0. The first kappa shape index (κ1) is 16.4. The fourth-order valence-corrected chi connectivity index (χ4v) is 3.94. The van der Waals surface area contributed by atoms with E-state index < -0.39 is 11.8 Å². The summed E-state index contributed by atoms with van der Waals surface area (Å²) in [5.41, 5.74) is 5.45. The molecule has 24 heavy (non-hydrogen) atoms. The van der Waals surface area contributed by atoms with Crippen molar-refractivity contribution in [3.63, 3.8) is 0 Å². The summed E-state index contributed by atoms with van der Waals surface area (Å²) in [6, 6.07) is 9.68. The van der Waals surface area contributed by atoms with E-state index in [-0.39, 0.29) is 24.9 Å². The molecule has 2 heterocycles. The second kappa shape index (κ2) is 6.60. The van der Waals surface area contributed by atoms with Crippen molar-refractivity contribution >= 4 is 39.1 Å². The van der Waals surface area contributed by atoms with Crippen LogP contribution in [-0.2, 0) is 9.59 Å². The van der Waals surface area contributed by atoms with Gasteiger partial charge < -0.3 is 15.5 Å². The van der Waals surface area contributed by atoms with Crippen molar-refractivity contribution in [2.24, 2.45) is 11.7 Å². The van der Waals surface area contributed by atoms with Gasteiger partial charge in [0.15, 0.2) is 0 Å². The second-order valence-electron chi connectivity index (χ2n) is 5.96. The van der Waals surface area contributed by atoms with Crippen molar-refractivity contribution in [2.75, 3.05) is 26.2 Å². The van der Waals surface area contributed by atoms with Crippen LogP contribution in [0.1, 0.15) is 16.6 Å². The molecule has 3 rings (SSSR count). The van der Waals surface area contributed by atoms with Crippen LogP contribution in [0.2, 0.25) is 0 Å². The SMILES string of the molecule is CC(=O)N1CCN(C(=O)c2cc3ccccc3s2)CC(C(N)=O)C1. The Balaban J connectivity index is 1.85. The van der Waals surface area contributed by atoms with E-state index in [4.69, 9.17) is 5.73 Å². The highest BCUT2D eigenvalue weighted by Crippen LogP contribution is 2.27. The molecule has 7 heteroatoms. The predicted octanol–water partition coefficient (Wildman–Crippen LogP) is 1.31. The Bertz CT molecular complexity index is 768. The van der Waals surface area contributed by atoms with E-state index in [1.54, 1.807) is 9.80 Å². The number of nitrogens with two attached hydrogens (primary N) is 1. The third-order valence-electron chi connectivity index (χ3n) is 4.29. The molecule has 1 atom stereocenters. The van der Waals surface area contributed by atoms with Gasteiger partial charge >= 0.3 is 0 Å². The van der Waals surface area contributed by atoms with Crippen LogP contribution in [0.5, 0.6) is 0 Å². The molecule has 1 unspecified atom stereocenters. The van der Waals surface area contributed by atoms with Crippen LogP contribution in [0.3, 0.4) is 0 Å². The summed E-state index contributed by atoms with van der Waals surface area (Å²) in [5, 5.41) is 1.03. The fourth-order valence-electron chi connectivity index (χ4n) is 2.91. The topological polar surface area (TPSA) is 83.7 Å². The summed E-state index contributed by atoms with van der Waals surface area (Å²) in [6.07, 6.45) is 0. The Morgan fingerprint density at radius 3 is 2.46 bits per heavy atom. The molecule has 3 amide bonds. The van der Waals surface area contributed by atoms with Crippen LogP contribution in [0.25, 0.3) is 10.1 Å². The van der Waals surface area contributed by atoms with Gasteiger partial charge in [-0.1, -0.05) is 18.2 Å². The van der Waals surface area contributed by atoms with Gasteiger partial charge in [0.2, 0.25) is 11.8 Å². The normalized spacial score (nSPS) is 18.5. The van der Waals surface area contributed by atoms with Crippen molar-refractivity contribution in [1.29, 1.82) is 0 Å². The van der Waals surface area contributed by atoms with Crippen LogP contribution < -0.4 is 5.73 Å². The highest BCUT2D eigenvalue weighted by atomic mass is 32.1. The molecule has 1 fully saturated rings. The zero-order chi connectivity index (χ0) is 17.3. The first-order valence-corrected chi connectivity index (χ1v) is 8.60. The van der Waals surface area contributed by atoms with Gasteiger partial charge in [-0.3, -0.25) is 14.4 Å². The zero-order valence-electron chi connectivity index (χ0n) is 13.4. The summed E-state index contributed by atoms with van der Waals surface area (Å²) in [6.45, 7) is 2.78. The van der Waals surface area contributed by atoms with Crippen molar-refractivity contribution in [3.8, 4) is 0 Å². The number of hydrogen-bond donors (Lipinski definition) is 1. The number of benzene rings is 1. The van der Waals surface area contributed by atoms with Gasteiger partial charge in [-0.05, 0) is 17.5 Å². The molecule has 2 aromatic rings. The molecule has 1 saturated heterocycles. The molecular weight excluding hydrogens is 326 g/mol. The molecule has 126 valence electrons. The van der Waals surface area contributed by atoms with Crippen molar-refractivity contribution in [1.82, 2.24) is 9.80 Å². The van der Waals surface area contributed by atoms with E-state index in [1.165, 1.54) is 18.3 Å². The highest BCUT2D eigenvalue weighted by Gasteiger charge is 2.30. The average molecular weight is 345 g/mol. The Morgan fingerprint density at radius 1 is 1.12 bits per heavy atom. The van der Waals surface area contributed by atoms with Crippen LogP contribution >= 0.6 is 11.3 Å². The number of primary amides is 1. The number of amides is 3. The van der Waals surface area contributed by atoms with E-state index in [0.717, 1.165) is 10.1 Å². The summed E-state index contributed by atoms with van der Waals surface area (Å²) in [7, 11) is 0. The number of carbonyl (C=O) groups is 3. The van der Waals surface area contributed by atoms with Gasteiger partial charge in [0.05, 0.1) is 10.8 Å². The number of carbonyl (C=O) groups excluding carboxylic acids is 3. The summed E-state index contributed by atoms with van der Waals surface area (Å²) >= 11 is 1.43. The predicted molar refractivity (Wildman–Crippen MR) is 92.7 cm³/mol. The minimum atomic E-state index is -0.547. The summed E-state index contributed by atoms with van der Waals surface area (Å²) in [5.74, 6) is -1.27. The minimum absolute atomic E-state index is 0.114. The van der Waals surface area contributed by atoms with Crippen molar-refractivity contribution < 1.29 is 14.4 Å². The highest BCUT2D eigenvalue weighted by molar-refractivity contribution is 7.20. The maximum absolute atomic E-state index is 12.8. The lowest BCUT2D eigenvalue weighted by Gasteiger charge is -2.21. The monoisotopic (exact) mass is 345 g/mol. The van der Waals surface area contributed by atoms with Crippen LogP contribution in [0.15, 0.2) is 30.3 Å². The van der Waals surface area contributed by atoms with Crippen molar-refractivity contribution in [2.45, 2.75) is 6.92 Å². The maximum atomic E-state index is 12.8. The number of thiophene rings is 1. The molecule has 1 aromatic heterocycles. The molecule has 0 saturated carbocycles. The van der Waals surface area contributed by atoms with Crippen LogP contribution in [0, 0.1) is 5.92 Å². The van der Waals surface area contributed by atoms with Gasteiger partial charge in [-0.15, -0.1) is 11.3 Å². The Hall–Kier alpha value is -2.41. The van der Waals surface area contributed by atoms with E-state index in [2.05, 4.69) is 0 Å². The third kappa shape index (κ3) is 3.26. The van der Waals surface area contributed by atoms with Gasteiger partial charge in [0.1, 0.15) is 0 Å². The van der Waals surface area contributed by atoms with Gasteiger partial charge in [-0.25, -0.2) is 0 Å². The van der Waals surface area contributed by atoms with E-state index in [1.807, 2.05) is 30.3 Å². The van der Waals surface area contributed by atoms with Gasteiger partial charge in [0, 0.05) is 37.8 Å². The Morgan fingerprint density at radius 2 is 1.79 bits per heavy atom. The molecule has 1 aliphatic heterocycles. The molecule has 1 aromatic carbocycles. The number of nitrogens with zero attached hydrogens (tertiary/aromatic N) is 2. The molecule has 0 bridgehead atoms. The Labute approximate surface area is 143 Å².